The minimum Gasteiger partial charge on any atom is -0.481 e. The maximum Gasteiger partial charge on any atom is 0.333 e. The van der Waals surface area contributed by atoms with Gasteiger partial charge in [0.1, 0.15) is 0 Å². The number of hydrogen-bond acceptors (Lipinski definition) is 15. The number of carbonyl (C=O) groups excluding carboxylic acids is 13. The van der Waals surface area contributed by atoms with Crippen LogP contribution in [0.25, 0.3) is 0 Å². The first-order valence-corrected chi connectivity index (χ1v) is 23.1. The highest BCUT2D eigenvalue weighted by atomic mass is 16.7. The number of nitrogens with zero attached hydrogens (tertiary/aromatic N) is 5. The number of hydrogen-bond donors (Lipinski definition) is 3. The number of unbranched alkanes of at least 4 members (excludes halogenated alkanes) is 8. The third-order valence-electron chi connectivity index (χ3n) is 10.8. The van der Waals surface area contributed by atoms with Crippen LogP contribution >= 0.6 is 0 Å². The summed E-state index contributed by atoms with van der Waals surface area (Å²) >= 11 is 0. The first-order valence-electron chi connectivity index (χ1n) is 23.1. The fraction of sp³-hybridized carbons (Fsp3) is 0.532. The van der Waals surface area contributed by atoms with Crippen LogP contribution in [0.5, 0.6) is 0 Å². The van der Waals surface area contributed by atoms with Gasteiger partial charge in [0, 0.05) is 127 Å². The maximum atomic E-state index is 11.5. The van der Waals surface area contributed by atoms with Crippen molar-refractivity contribution in [3.63, 3.8) is 0 Å². The molecule has 5 aliphatic heterocycles. The highest BCUT2D eigenvalue weighted by Crippen LogP contribution is 2.16. The predicted octanol–water partition coefficient (Wildman–Crippen LogP) is 1.46. The molecule has 23 heteroatoms. The van der Waals surface area contributed by atoms with Gasteiger partial charge in [-0.05, 0) is 58.3 Å². The topological polar surface area (TPSA) is 309 Å². The maximum absolute atomic E-state index is 11.5. The van der Waals surface area contributed by atoms with E-state index in [0.717, 1.165) is 43.4 Å². The third-order valence-corrected chi connectivity index (χ3v) is 10.8. The van der Waals surface area contributed by atoms with Gasteiger partial charge in [0.15, 0.2) is 0 Å². The Labute approximate surface area is 405 Å². The van der Waals surface area contributed by atoms with Gasteiger partial charge in [0.25, 0.3) is 59.1 Å². The van der Waals surface area contributed by atoms with E-state index in [-0.39, 0.29) is 84.8 Å². The Bertz CT molecular complexity index is 2060. The highest BCUT2D eigenvalue weighted by molar-refractivity contribution is 6.16. The molecular weight excluding hydrogens is 919 g/mol. The van der Waals surface area contributed by atoms with E-state index < -0.39 is 23.8 Å². The van der Waals surface area contributed by atoms with Crippen LogP contribution < -0.4 is 10.6 Å². The fourth-order valence-electron chi connectivity index (χ4n) is 6.76. The Kier molecular flexibility index (Phi) is 26.4. The van der Waals surface area contributed by atoms with Crippen LogP contribution in [0.1, 0.15) is 122 Å². The van der Waals surface area contributed by atoms with Gasteiger partial charge in [-0.15, -0.1) is 5.06 Å². The molecule has 0 aromatic heterocycles. The molecule has 23 nitrogen and oxygen atoms in total. The van der Waals surface area contributed by atoms with Crippen LogP contribution in [-0.2, 0) is 72.0 Å². The molecule has 0 unspecified atom stereocenters. The average molecular weight is 982 g/mol. The van der Waals surface area contributed by atoms with E-state index in [9.17, 15) is 67.1 Å². The molecule has 0 atom stereocenters. The molecule has 0 aromatic rings. The quantitative estimate of drug-likeness (QED) is 0.0861. The second-order valence-corrected chi connectivity index (χ2v) is 16.1. The fourth-order valence-corrected chi connectivity index (χ4v) is 6.76. The summed E-state index contributed by atoms with van der Waals surface area (Å²) in [4.78, 5) is 165. The van der Waals surface area contributed by atoms with Gasteiger partial charge in [-0.1, -0.05) is 25.7 Å². The molecule has 0 bridgehead atoms. The number of hydroxylamine groups is 2. The summed E-state index contributed by atoms with van der Waals surface area (Å²) in [6.45, 7) is 3.22. The van der Waals surface area contributed by atoms with E-state index in [1.165, 1.54) is 57.2 Å². The van der Waals surface area contributed by atoms with Crippen molar-refractivity contribution in [2.75, 3.05) is 40.3 Å². The van der Waals surface area contributed by atoms with Crippen molar-refractivity contribution in [3.05, 3.63) is 48.1 Å². The SMILES string of the molecule is CNC(=O)CCCCCN1C(=O)C=C(C)C1=O.CNC(=O)CCCCCN1C(=O)C=CC1=O.O=C(CCCCCN1C(=O)C=CC1=O)ON1C(=O)CCC1=O.O=C(O)CCCCCN1C(=O)C=CC1=O. The zero-order chi connectivity index (χ0) is 52.2. The van der Waals surface area contributed by atoms with Gasteiger partial charge in [-0.2, -0.15) is 0 Å². The number of carbonyl (C=O) groups is 14. The van der Waals surface area contributed by atoms with Gasteiger partial charge < -0.3 is 20.6 Å². The van der Waals surface area contributed by atoms with E-state index >= 15 is 0 Å². The van der Waals surface area contributed by atoms with Crippen molar-refractivity contribution in [2.45, 2.75) is 122 Å². The summed E-state index contributed by atoms with van der Waals surface area (Å²) in [7, 11) is 3.22. The minimum atomic E-state index is -0.815. The lowest BCUT2D eigenvalue weighted by atomic mass is 10.2. The third kappa shape index (κ3) is 21.2. The van der Waals surface area contributed by atoms with Crippen LogP contribution in [0.2, 0.25) is 0 Å². The zero-order valence-electron chi connectivity index (χ0n) is 39.9. The summed E-state index contributed by atoms with van der Waals surface area (Å²) in [6, 6.07) is 0. The molecule has 0 radical (unpaired) electrons. The molecule has 70 heavy (non-hydrogen) atoms. The lowest BCUT2D eigenvalue weighted by Crippen LogP contribution is -2.32. The van der Waals surface area contributed by atoms with Crippen molar-refractivity contribution < 1.29 is 77.1 Å². The molecule has 0 spiro atoms. The van der Waals surface area contributed by atoms with Crippen LogP contribution in [0, 0.1) is 0 Å². The van der Waals surface area contributed by atoms with Gasteiger partial charge in [-0.25, -0.2) is 4.79 Å². The number of carboxylic acids is 1. The Morgan fingerprint density at radius 2 is 0.800 bits per heavy atom. The molecule has 1 saturated heterocycles. The van der Waals surface area contributed by atoms with Gasteiger partial charge in [0.05, 0.1) is 0 Å². The van der Waals surface area contributed by atoms with E-state index in [1.807, 2.05) is 0 Å². The Morgan fingerprint density at radius 3 is 1.11 bits per heavy atom. The molecule has 1 fully saturated rings. The number of amides is 12. The first-order chi connectivity index (χ1) is 33.3. The summed E-state index contributed by atoms with van der Waals surface area (Å²) < 4.78 is 0. The van der Waals surface area contributed by atoms with Crippen molar-refractivity contribution >= 4 is 82.8 Å². The zero-order valence-corrected chi connectivity index (χ0v) is 39.9. The van der Waals surface area contributed by atoms with Crippen molar-refractivity contribution in [1.29, 1.82) is 0 Å². The second-order valence-electron chi connectivity index (χ2n) is 16.1. The lowest BCUT2D eigenvalue weighted by molar-refractivity contribution is -0.197. The first kappa shape index (κ1) is 58.7. The van der Waals surface area contributed by atoms with Crippen LogP contribution in [0.3, 0.4) is 0 Å². The normalized spacial score (nSPS) is 15.9. The Balaban J connectivity index is 0.000000324. The number of aliphatic carboxylic acids is 1. The summed E-state index contributed by atoms with van der Waals surface area (Å²) in [6.07, 6.45) is 18.6. The van der Waals surface area contributed by atoms with E-state index in [2.05, 4.69) is 10.6 Å². The Morgan fingerprint density at radius 1 is 0.471 bits per heavy atom. The molecule has 0 saturated carbocycles. The van der Waals surface area contributed by atoms with Crippen molar-refractivity contribution in [3.8, 4) is 0 Å². The van der Waals surface area contributed by atoms with Crippen LogP contribution in [-0.4, -0.2) is 153 Å². The minimum absolute atomic E-state index is 0.0231. The van der Waals surface area contributed by atoms with Crippen LogP contribution in [0.4, 0.5) is 0 Å². The van der Waals surface area contributed by atoms with Crippen molar-refractivity contribution in [1.82, 2.24) is 35.3 Å². The van der Waals surface area contributed by atoms with E-state index in [0.29, 0.717) is 88.2 Å². The van der Waals surface area contributed by atoms with Gasteiger partial charge >= 0.3 is 11.9 Å². The molecular formula is C47H63N7O16. The number of nitrogens with one attached hydrogen (secondary N) is 2. The number of rotatable bonds is 25. The molecule has 0 aromatic carbocycles. The molecule has 5 heterocycles. The molecule has 3 N–H and O–H groups in total. The summed E-state index contributed by atoms with van der Waals surface area (Å²) in [5.41, 5.74) is 0.500. The molecule has 5 rings (SSSR count). The largest absolute Gasteiger partial charge is 0.481 e. The summed E-state index contributed by atoms with van der Waals surface area (Å²) in [5, 5.41) is 14.0. The predicted molar refractivity (Wildman–Crippen MR) is 245 cm³/mol. The lowest BCUT2D eigenvalue weighted by Gasteiger charge is -2.14. The standard InChI is InChI=1S/C14H16N2O6.C12H18N2O3.C11H16N2O3.C10H13NO4/c17-10-5-6-11(18)15(10)9-3-1-2-4-14(21)22-16-12(19)7-8-13(16)20;1-9-8-11(16)14(12(9)17)7-5-3-4-6-10(15)13-2;1-12-9(14)5-3-2-4-8-13-10(15)6-7-11(13)16;12-8-5-6-9(13)11(8)7-3-1-2-4-10(14)15/h5-6H,1-4,7-9H2;8H,3-7H2,1-2H3,(H,13,15);6-7H,2-5,8H2,1H3,(H,12,14);5-6H,1-4,7H2,(H,14,15). The second kappa shape index (κ2) is 31.6. The van der Waals surface area contributed by atoms with E-state index in [1.54, 1.807) is 21.0 Å². The highest BCUT2D eigenvalue weighted by Gasteiger charge is 2.33. The summed E-state index contributed by atoms with van der Waals surface area (Å²) in [5.74, 6) is -4.52. The van der Waals surface area contributed by atoms with Crippen LogP contribution in [0.15, 0.2) is 48.1 Å². The molecule has 382 valence electrons. The average Bonchev–Trinajstić information content (AvgIpc) is 4.09. The van der Waals surface area contributed by atoms with Gasteiger partial charge in [-0.3, -0.25) is 81.9 Å². The van der Waals surface area contributed by atoms with Gasteiger partial charge in [0.2, 0.25) is 11.8 Å². The van der Waals surface area contributed by atoms with Crippen molar-refractivity contribution in [2.24, 2.45) is 0 Å². The Hall–Kier alpha value is -7.46. The molecule has 5 aliphatic rings. The molecule has 0 aliphatic carbocycles. The van der Waals surface area contributed by atoms with E-state index in [4.69, 9.17) is 9.94 Å². The number of imide groups is 5. The number of carboxylic acid groups (broad SMARTS) is 1. The molecule has 12 amide bonds. The smallest absolute Gasteiger partial charge is 0.333 e. The monoisotopic (exact) mass is 981 g/mol.